The Balaban J connectivity index is 2.08. The number of benzene rings is 1. The number of carbonyl (C=O) groups is 1. The number of hydrogen-bond acceptors (Lipinski definition) is 3. The standard InChI is InChI=1S/C17H24O3/c1-5-17(6-2,7-3)20-15(18)16(4)14(19-16)13-11-9-8-10-12-13/h8-12,14H,5-7H2,1-4H3. The van der Waals surface area contributed by atoms with Crippen LogP contribution >= 0.6 is 0 Å². The molecule has 2 unspecified atom stereocenters. The molecule has 1 saturated heterocycles. The molecule has 2 atom stereocenters. The van der Waals surface area contributed by atoms with E-state index in [0.29, 0.717) is 0 Å². The molecule has 0 saturated carbocycles. The highest BCUT2D eigenvalue weighted by atomic mass is 16.7. The van der Waals surface area contributed by atoms with Crippen molar-refractivity contribution in [2.75, 3.05) is 0 Å². The molecule has 0 radical (unpaired) electrons. The first-order valence-electron chi connectivity index (χ1n) is 7.47. The smallest absolute Gasteiger partial charge is 0.341 e. The molecule has 0 bridgehead atoms. The molecule has 0 amide bonds. The van der Waals surface area contributed by atoms with Gasteiger partial charge in [0.05, 0.1) is 0 Å². The summed E-state index contributed by atoms with van der Waals surface area (Å²) in [6.07, 6.45) is 2.31. The Morgan fingerprint density at radius 2 is 1.75 bits per heavy atom. The van der Waals surface area contributed by atoms with Crippen molar-refractivity contribution in [2.24, 2.45) is 0 Å². The molecule has 0 aromatic heterocycles. The van der Waals surface area contributed by atoms with Gasteiger partial charge in [-0.2, -0.15) is 0 Å². The number of hydrogen-bond donors (Lipinski definition) is 0. The van der Waals surface area contributed by atoms with Crippen LogP contribution in [0.4, 0.5) is 0 Å². The van der Waals surface area contributed by atoms with Crippen LogP contribution in [0, 0.1) is 0 Å². The lowest BCUT2D eigenvalue weighted by atomic mass is 9.93. The van der Waals surface area contributed by atoms with Gasteiger partial charge in [0.25, 0.3) is 0 Å². The van der Waals surface area contributed by atoms with Crippen molar-refractivity contribution in [3.63, 3.8) is 0 Å². The summed E-state index contributed by atoms with van der Waals surface area (Å²) in [7, 11) is 0. The lowest BCUT2D eigenvalue weighted by molar-refractivity contribution is -0.167. The Labute approximate surface area is 121 Å². The van der Waals surface area contributed by atoms with E-state index in [1.807, 2.05) is 37.3 Å². The SMILES string of the molecule is CCC(CC)(CC)OC(=O)C1(C)OC1c1ccccc1. The van der Waals surface area contributed by atoms with Gasteiger partial charge >= 0.3 is 5.97 Å². The molecule has 0 spiro atoms. The molecule has 1 heterocycles. The van der Waals surface area contributed by atoms with Crippen LogP contribution in [0.15, 0.2) is 30.3 Å². The summed E-state index contributed by atoms with van der Waals surface area (Å²) in [4.78, 5) is 12.5. The van der Waals surface area contributed by atoms with Gasteiger partial charge in [0.15, 0.2) is 5.60 Å². The minimum Gasteiger partial charge on any atom is -0.457 e. The molecule has 20 heavy (non-hydrogen) atoms. The molecule has 1 aliphatic heterocycles. The van der Waals surface area contributed by atoms with Crippen LogP contribution in [0.2, 0.25) is 0 Å². The lowest BCUT2D eigenvalue weighted by Crippen LogP contribution is -2.38. The summed E-state index contributed by atoms with van der Waals surface area (Å²) in [6, 6.07) is 9.83. The van der Waals surface area contributed by atoms with Crippen molar-refractivity contribution in [3.05, 3.63) is 35.9 Å². The van der Waals surface area contributed by atoms with Crippen LogP contribution < -0.4 is 0 Å². The van der Waals surface area contributed by atoms with Gasteiger partial charge in [0.1, 0.15) is 11.7 Å². The predicted octanol–water partition coefficient (Wildman–Crippen LogP) is 4.03. The molecule has 1 aromatic rings. The summed E-state index contributed by atoms with van der Waals surface area (Å²) >= 11 is 0. The first-order valence-corrected chi connectivity index (χ1v) is 7.47. The summed E-state index contributed by atoms with van der Waals surface area (Å²) in [6.45, 7) is 8.00. The molecular weight excluding hydrogens is 252 g/mol. The van der Waals surface area contributed by atoms with Gasteiger partial charge in [0.2, 0.25) is 0 Å². The van der Waals surface area contributed by atoms with E-state index >= 15 is 0 Å². The molecule has 110 valence electrons. The summed E-state index contributed by atoms with van der Waals surface area (Å²) in [5.74, 6) is -0.239. The van der Waals surface area contributed by atoms with Crippen molar-refractivity contribution in [1.82, 2.24) is 0 Å². The fourth-order valence-electron chi connectivity index (χ4n) is 2.64. The minimum atomic E-state index is -0.827. The lowest BCUT2D eigenvalue weighted by Gasteiger charge is -2.31. The molecule has 1 aromatic carbocycles. The van der Waals surface area contributed by atoms with Crippen LogP contribution in [-0.2, 0) is 14.3 Å². The van der Waals surface area contributed by atoms with Crippen LogP contribution in [0.1, 0.15) is 58.6 Å². The Hall–Kier alpha value is -1.35. The third-order valence-corrected chi connectivity index (χ3v) is 4.56. The Bertz CT molecular complexity index is 456. The molecular formula is C17H24O3. The highest BCUT2D eigenvalue weighted by molar-refractivity contribution is 5.83. The molecule has 1 fully saturated rings. The first kappa shape index (κ1) is 15.0. The van der Waals surface area contributed by atoms with Crippen molar-refractivity contribution in [1.29, 1.82) is 0 Å². The number of esters is 1. The van der Waals surface area contributed by atoms with Crippen LogP contribution in [0.3, 0.4) is 0 Å². The average Bonchev–Trinajstić information content (AvgIpc) is 3.19. The second-order valence-corrected chi connectivity index (χ2v) is 5.65. The number of rotatable bonds is 6. The van der Waals surface area contributed by atoms with Gasteiger partial charge < -0.3 is 9.47 Å². The Kier molecular flexibility index (Phi) is 4.19. The van der Waals surface area contributed by atoms with E-state index in [2.05, 4.69) is 20.8 Å². The van der Waals surface area contributed by atoms with Gasteiger partial charge in [0, 0.05) is 0 Å². The fraction of sp³-hybridized carbons (Fsp3) is 0.588. The number of carbonyl (C=O) groups excluding carboxylic acids is 1. The molecule has 3 nitrogen and oxygen atoms in total. The maximum absolute atomic E-state index is 12.5. The second-order valence-electron chi connectivity index (χ2n) is 5.65. The predicted molar refractivity (Wildman–Crippen MR) is 78.4 cm³/mol. The summed E-state index contributed by atoms with van der Waals surface area (Å²) in [5, 5.41) is 0. The van der Waals surface area contributed by atoms with Crippen LogP contribution in [0.25, 0.3) is 0 Å². The van der Waals surface area contributed by atoms with E-state index in [-0.39, 0.29) is 17.7 Å². The molecule has 3 heteroatoms. The zero-order valence-corrected chi connectivity index (χ0v) is 12.8. The molecule has 0 aliphatic carbocycles. The average molecular weight is 276 g/mol. The van der Waals surface area contributed by atoms with Gasteiger partial charge in [-0.25, -0.2) is 4.79 Å². The molecule has 0 N–H and O–H groups in total. The van der Waals surface area contributed by atoms with Gasteiger partial charge in [-0.3, -0.25) is 0 Å². The van der Waals surface area contributed by atoms with Crippen molar-refractivity contribution < 1.29 is 14.3 Å². The third-order valence-electron chi connectivity index (χ3n) is 4.56. The van der Waals surface area contributed by atoms with E-state index in [9.17, 15) is 4.79 Å². The highest BCUT2D eigenvalue weighted by Crippen LogP contribution is 2.50. The highest BCUT2D eigenvalue weighted by Gasteiger charge is 2.61. The number of epoxide rings is 1. The van der Waals surface area contributed by atoms with Crippen LogP contribution in [0.5, 0.6) is 0 Å². The Morgan fingerprint density at radius 1 is 1.20 bits per heavy atom. The minimum absolute atomic E-state index is 0.181. The van der Waals surface area contributed by atoms with E-state index in [4.69, 9.17) is 9.47 Å². The summed E-state index contributed by atoms with van der Waals surface area (Å²) in [5.41, 5.74) is -0.151. The third kappa shape index (κ3) is 2.59. The number of ether oxygens (including phenoxy) is 2. The van der Waals surface area contributed by atoms with Gasteiger partial charge in [-0.05, 0) is 31.7 Å². The maximum atomic E-state index is 12.5. The van der Waals surface area contributed by atoms with Crippen molar-refractivity contribution in [2.45, 2.75) is 64.3 Å². The van der Waals surface area contributed by atoms with E-state index in [1.165, 1.54) is 0 Å². The van der Waals surface area contributed by atoms with E-state index in [1.54, 1.807) is 0 Å². The van der Waals surface area contributed by atoms with Crippen molar-refractivity contribution in [3.8, 4) is 0 Å². The zero-order valence-electron chi connectivity index (χ0n) is 12.8. The molecule has 2 rings (SSSR count). The molecule has 1 aliphatic rings. The normalized spacial score (nSPS) is 25.3. The van der Waals surface area contributed by atoms with E-state index < -0.39 is 5.60 Å². The topological polar surface area (TPSA) is 38.8 Å². The summed E-state index contributed by atoms with van der Waals surface area (Å²) < 4.78 is 11.5. The quantitative estimate of drug-likeness (QED) is 0.581. The largest absolute Gasteiger partial charge is 0.457 e. The fourth-order valence-corrected chi connectivity index (χ4v) is 2.64. The van der Waals surface area contributed by atoms with Crippen LogP contribution in [-0.4, -0.2) is 17.2 Å². The monoisotopic (exact) mass is 276 g/mol. The maximum Gasteiger partial charge on any atom is 0.341 e. The van der Waals surface area contributed by atoms with E-state index in [0.717, 1.165) is 24.8 Å². The Morgan fingerprint density at radius 3 is 2.25 bits per heavy atom. The second kappa shape index (κ2) is 5.57. The van der Waals surface area contributed by atoms with Gasteiger partial charge in [-0.15, -0.1) is 0 Å². The first-order chi connectivity index (χ1) is 9.51. The van der Waals surface area contributed by atoms with Gasteiger partial charge in [-0.1, -0.05) is 51.1 Å². The zero-order chi connectivity index (χ0) is 14.8. The van der Waals surface area contributed by atoms with Crippen molar-refractivity contribution >= 4 is 5.97 Å².